The number of morpholine rings is 1. The fourth-order valence-electron chi connectivity index (χ4n) is 1.66. The fraction of sp³-hybridized carbons (Fsp3) is 0.846. The van der Waals surface area contributed by atoms with Gasteiger partial charge in [0.05, 0.1) is 25.9 Å². The number of hydrogen-bond acceptors (Lipinski definition) is 6. The Bertz CT molecular complexity index is 321. The lowest BCUT2D eigenvalue weighted by Gasteiger charge is -2.28. The lowest BCUT2D eigenvalue weighted by Crippen LogP contribution is -2.45. The number of rotatable bonds is 5. The number of hydrogen-bond donors (Lipinski definition) is 0. The Kier molecular flexibility index (Phi) is 5.75. The van der Waals surface area contributed by atoms with Crippen molar-refractivity contribution in [3.8, 4) is 0 Å². The molecule has 1 heterocycles. The minimum Gasteiger partial charge on any atom is -0.460 e. The lowest BCUT2D eigenvalue weighted by molar-refractivity contribution is -0.182. The summed E-state index contributed by atoms with van der Waals surface area (Å²) in [6.45, 7) is 9.38. The minimum absolute atomic E-state index is 0.168. The number of esters is 2. The van der Waals surface area contributed by atoms with Crippen LogP contribution in [-0.4, -0.2) is 61.4 Å². The molecule has 0 atom stereocenters. The average molecular weight is 273 g/mol. The summed E-state index contributed by atoms with van der Waals surface area (Å²) in [6, 6.07) is 0. The monoisotopic (exact) mass is 273 g/mol. The van der Waals surface area contributed by atoms with Crippen LogP contribution in [0.4, 0.5) is 0 Å². The normalized spacial score (nSPS) is 17.3. The first-order valence-corrected chi connectivity index (χ1v) is 6.54. The van der Waals surface area contributed by atoms with E-state index in [1.807, 2.05) is 4.90 Å². The molecule has 1 aliphatic rings. The minimum atomic E-state index is -1.26. The van der Waals surface area contributed by atoms with E-state index in [1.165, 1.54) is 13.8 Å². The largest absolute Gasteiger partial charge is 0.460 e. The maximum Gasteiger partial charge on any atom is 0.350 e. The lowest BCUT2D eigenvalue weighted by atomic mass is 10.1. The Balaban J connectivity index is 2.42. The molecule has 0 spiro atoms. The molecule has 6 nitrogen and oxygen atoms in total. The van der Waals surface area contributed by atoms with Crippen LogP contribution in [0.3, 0.4) is 0 Å². The van der Waals surface area contributed by atoms with Gasteiger partial charge in [0.25, 0.3) is 0 Å². The summed E-state index contributed by atoms with van der Waals surface area (Å²) in [6.07, 6.45) is -0.232. The van der Waals surface area contributed by atoms with Gasteiger partial charge in [0.15, 0.2) is 0 Å². The second-order valence-electron chi connectivity index (χ2n) is 5.33. The van der Waals surface area contributed by atoms with Gasteiger partial charge < -0.3 is 14.2 Å². The van der Waals surface area contributed by atoms with Crippen LogP contribution in [0.1, 0.15) is 27.7 Å². The molecule has 0 N–H and O–H groups in total. The van der Waals surface area contributed by atoms with Gasteiger partial charge in [0, 0.05) is 13.1 Å². The number of carbonyl (C=O) groups is 2. The highest BCUT2D eigenvalue weighted by Gasteiger charge is 2.34. The molecule has 0 aliphatic carbocycles. The van der Waals surface area contributed by atoms with Crippen molar-refractivity contribution in [2.75, 3.05) is 32.8 Å². The van der Waals surface area contributed by atoms with E-state index in [4.69, 9.17) is 14.2 Å². The van der Waals surface area contributed by atoms with Crippen molar-refractivity contribution in [1.82, 2.24) is 4.90 Å². The zero-order valence-electron chi connectivity index (χ0n) is 12.1. The molecule has 1 fully saturated rings. The van der Waals surface area contributed by atoms with Crippen LogP contribution >= 0.6 is 0 Å². The van der Waals surface area contributed by atoms with Crippen LogP contribution in [0.2, 0.25) is 0 Å². The van der Waals surface area contributed by atoms with E-state index >= 15 is 0 Å². The Labute approximate surface area is 114 Å². The van der Waals surface area contributed by atoms with Crippen molar-refractivity contribution in [3.05, 3.63) is 0 Å². The molecular formula is C13H23NO5. The molecule has 1 saturated heterocycles. The third-order valence-electron chi connectivity index (χ3n) is 2.66. The molecule has 0 aromatic carbocycles. The second kappa shape index (κ2) is 6.86. The van der Waals surface area contributed by atoms with Gasteiger partial charge in [0.1, 0.15) is 0 Å². The Morgan fingerprint density at radius 1 is 1.26 bits per heavy atom. The maximum absolute atomic E-state index is 11.8. The van der Waals surface area contributed by atoms with Crippen LogP contribution in [0.15, 0.2) is 0 Å². The van der Waals surface area contributed by atoms with Crippen molar-refractivity contribution in [2.45, 2.75) is 39.4 Å². The highest BCUT2D eigenvalue weighted by atomic mass is 16.6. The molecular weight excluding hydrogens is 250 g/mol. The quantitative estimate of drug-likeness (QED) is 0.683. The van der Waals surface area contributed by atoms with Crippen molar-refractivity contribution >= 4 is 11.9 Å². The molecule has 0 amide bonds. The summed E-state index contributed by atoms with van der Waals surface area (Å²) in [5, 5.41) is 0. The standard InChI is InChI=1S/C13H23NO5/c1-10(2)18-12(16)13(3,4)19-11(15)9-14-5-7-17-8-6-14/h10H,5-9H2,1-4H3. The molecule has 0 radical (unpaired) electrons. The molecule has 1 aliphatic heterocycles. The van der Waals surface area contributed by atoms with Gasteiger partial charge in [-0.25, -0.2) is 4.79 Å². The van der Waals surface area contributed by atoms with E-state index in [-0.39, 0.29) is 12.6 Å². The van der Waals surface area contributed by atoms with Gasteiger partial charge in [-0.3, -0.25) is 9.69 Å². The van der Waals surface area contributed by atoms with Gasteiger partial charge in [-0.2, -0.15) is 0 Å². The molecule has 0 aromatic heterocycles. The van der Waals surface area contributed by atoms with Crippen molar-refractivity contribution in [1.29, 1.82) is 0 Å². The first-order valence-electron chi connectivity index (χ1n) is 6.54. The van der Waals surface area contributed by atoms with Gasteiger partial charge in [0.2, 0.25) is 5.60 Å². The highest BCUT2D eigenvalue weighted by molar-refractivity contribution is 5.83. The zero-order chi connectivity index (χ0) is 14.5. The van der Waals surface area contributed by atoms with E-state index < -0.39 is 17.5 Å². The van der Waals surface area contributed by atoms with E-state index in [0.717, 1.165) is 0 Å². The van der Waals surface area contributed by atoms with Gasteiger partial charge in [-0.05, 0) is 27.7 Å². The van der Waals surface area contributed by atoms with Crippen LogP contribution in [0.25, 0.3) is 0 Å². The molecule has 0 saturated carbocycles. The zero-order valence-corrected chi connectivity index (χ0v) is 12.1. The number of nitrogens with zero attached hydrogens (tertiary/aromatic N) is 1. The Hall–Kier alpha value is -1.14. The highest BCUT2D eigenvalue weighted by Crippen LogP contribution is 2.14. The fourth-order valence-corrected chi connectivity index (χ4v) is 1.66. The summed E-state index contributed by atoms with van der Waals surface area (Å²) in [7, 11) is 0. The molecule has 19 heavy (non-hydrogen) atoms. The summed E-state index contributed by atoms with van der Waals surface area (Å²) in [5.74, 6) is -0.953. The van der Waals surface area contributed by atoms with E-state index in [9.17, 15) is 9.59 Å². The third kappa shape index (κ3) is 5.57. The van der Waals surface area contributed by atoms with Crippen molar-refractivity contribution in [3.63, 3.8) is 0 Å². The molecule has 110 valence electrons. The third-order valence-corrected chi connectivity index (χ3v) is 2.66. The maximum atomic E-state index is 11.8. The van der Waals surface area contributed by atoms with Gasteiger partial charge >= 0.3 is 11.9 Å². The van der Waals surface area contributed by atoms with E-state index in [2.05, 4.69) is 0 Å². The first kappa shape index (κ1) is 15.9. The van der Waals surface area contributed by atoms with Crippen molar-refractivity contribution < 1.29 is 23.8 Å². The summed E-state index contributed by atoms with van der Waals surface area (Å²) < 4.78 is 15.5. The van der Waals surface area contributed by atoms with E-state index in [1.54, 1.807) is 13.8 Å². The topological polar surface area (TPSA) is 65.1 Å². The SMILES string of the molecule is CC(C)OC(=O)C(C)(C)OC(=O)CN1CCOCC1. The number of ether oxygens (including phenoxy) is 3. The first-order chi connectivity index (χ1) is 8.81. The van der Waals surface area contributed by atoms with Crippen molar-refractivity contribution in [2.24, 2.45) is 0 Å². The molecule has 0 aromatic rings. The summed E-state index contributed by atoms with van der Waals surface area (Å²) in [5.41, 5.74) is -1.26. The van der Waals surface area contributed by atoms with Gasteiger partial charge in [-0.15, -0.1) is 0 Å². The van der Waals surface area contributed by atoms with Crippen LogP contribution < -0.4 is 0 Å². The molecule has 6 heteroatoms. The second-order valence-corrected chi connectivity index (χ2v) is 5.33. The Morgan fingerprint density at radius 2 is 1.84 bits per heavy atom. The van der Waals surface area contributed by atoms with Crippen LogP contribution in [0, 0.1) is 0 Å². The van der Waals surface area contributed by atoms with Gasteiger partial charge in [-0.1, -0.05) is 0 Å². The van der Waals surface area contributed by atoms with Crippen LogP contribution in [0.5, 0.6) is 0 Å². The number of carbonyl (C=O) groups excluding carboxylic acids is 2. The molecule has 0 unspecified atom stereocenters. The predicted octanol–water partition coefficient (Wildman–Crippen LogP) is 0.592. The smallest absolute Gasteiger partial charge is 0.350 e. The molecule has 1 rings (SSSR count). The van der Waals surface area contributed by atoms with E-state index in [0.29, 0.717) is 26.3 Å². The summed E-state index contributed by atoms with van der Waals surface area (Å²) >= 11 is 0. The summed E-state index contributed by atoms with van der Waals surface area (Å²) in [4.78, 5) is 25.5. The predicted molar refractivity (Wildman–Crippen MR) is 68.7 cm³/mol. The molecule has 0 bridgehead atoms. The van der Waals surface area contributed by atoms with Crippen LogP contribution in [-0.2, 0) is 23.8 Å². The average Bonchev–Trinajstić information content (AvgIpc) is 2.28. The Morgan fingerprint density at radius 3 is 2.37 bits per heavy atom.